The Balaban J connectivity index is 2.14. The van der Waals surface area contributed by atoms with Crippen LogP contribution >= 0.6 is 0 Å². The van der Waals surface area contributed by atoms with E-state index in [1.807, 2.05) is 6.92 Å². The quantitative estimate of drug-likeness (QED) is 0.753. The van der Waals surface area contributed by atoms with E-state index in [0.29, 0.717) is 19.7 Å². The molecule has 1 heterocycles. The number of nitrogens with two attached hydrogens (primary N) is 1. The number of amides is 1. The zero-order chi connectivity index (χ0) is 15.4. The van der Waals surface area contributed by atoms with Gasteiger partial charge in [0.1, 0.15) is 5.92 Å². The SMILES string of the molecule is CCCN(C(=O)C1CCCC1CN)C1COCC1C(=O)O. The number of nitrogens with zero attached hydrogens (tertiary/aromatic N) is 1. The average Bonchev–Trinajstić information content (AvgIpc) is 3.11. The van der Waals surface area contributed by atoms with E-state index in [1.165, 1.54) is 0 Å². The Labute approximate surface area is 125 Å². The minimum atomic E-state index is -0.881. The van der Waals surface area contributed by atoms with Gasteiger partial charge in [0.15, 0.2) is 0 Å². The van der Waals surface area contributed by atoms with E-state index in [1.54, 1.807) is 4.90 Å². The fourth-order valence-corrected chi connectivity index (χ4v) is 3.62. The summed E-state index contributed by atoms with van der Waals surface area (Å²) in [5.41, 5.74) is 5.78. The van der Waals surface area contributed by atoms with Crippen LogP contribution in [-0.4, -0.2) is 54.2 Å². The molecule has 1 amide bonds. The summed E-state index contributed by atoms with van der Waals surface area (Å²) in [7, 11) is 0. The average molecular weight is 298 g/mol. The zero-order valence-electron chi connectivity index (χ0n) is 12.7. The number of hydrogen-bond donors (Lipinski definition) is 2. The van der Waals surface area contributed by atoms with Crippen LogP contribution in [0.4, 0.5) is 0 Å². The molecule has 0 aromatic heterocycles. The van der Waals surface area contributed by atoms with Crippen molar-refractivity contribution in [1.82, 2.24) is 4.90 Å². The first kappa shape index (κ1) is 16.2. The fourth-order valence-electron chi connectivity index (χ4n) is 3.62. The van der Waals surface area contributed by atoms with Crippen molar-refractivity contribution < 1.29 is 19.4 Å². The largest absolute Gasteiger partial charge is 0.481 e. The normalized spacial score (nSPS) is 32.3. The minimum absolute atomic E-state index is 0.0448. The van der Waals surface area contributed by atoms with E-state index in [2.05, 4.69) is 0 Å². The predicted octanol–water partition coefficient (Wildman–Crippen LogP) is 0.700. The van der Waals surface area contributed by atoms with E-state index in [9.17, 15) is 14.7 Å². The maximum Gasteiger partial charge on any atom is 0.311 e. The van der Waals surface area contributed by atoms with Gasteiger partial charge in [-0.25, -0.2) is 0 Å². The fraction of sp³-hybridized carbons (Fsp3) is 0.867. The van der Waals surface area contributed by atoms with Crippen LogP contribution in [0.1, 0.15) is 32.6 Å². The molecule has 3 N–H and O–H groups in total. The Kier molecular flexibility index (Phi) is 5.58. The zero-order valence-corrected chi connectivity index (χ0v) is 12.7. The lowest BCUT2D eigenvalue weighted by molar-refractivity contribution is -0.146. The van der Waals surface area contributed by atoms with Crippen molar-refractivity contribution in [3.8, 4) is 0 Å². The molecule has 1 aliphatic heterocycles. The Morgan fingerprint density at radius 2 is 2.05 bits per heavy atom. The van der Waals surface area contributed by atoms with Crippen molar-refractivity contribution in [3.63, 3.8) is 0 Å². The number of carbonyl (C=O) groups excluding carboxylic acids is 1. The number of aliphatic carboxylic acids is 1. The highest BCUT2D eigenvalue weighted by Gasteiger charge is 2.43. The van der Waals surface area contributed by atoms with Crippen molar-refractivity contribution in [2.75, 3.05) is 26.3 Å². The molecule has 0 spiro atoms. The molecule has 2 rings (SSSR count). The number of rotatable bonds is 6. The van der Waals surface area contributed by atoms with Crippen LogP contribution in [-0.2, 0) is 14.3 Å². The molecule has 2 aliphatic rings. The molecular formula is C15H26N2O4. The van der Waals surface area contributed by atoms with Crippen LogP contribution in [0.3, 0.4) is 0 Å². The minimum Gasteiger partial charge on any atom is -0.481 e. The van der Waals surface area contributed by atoms with Gasteiger partial charge in [0.2, 0.25) is 5.91 Å². The summed E-state index contributed by atoms with van der Waals surface area (Å²) in [6, 6.07) is -0.339. The maximum atomic E-state index is 12.9. The second-order valence-corrected chi connectivity index (χ2v) is 6.11. The highest BCUT2D eigenvalue weighted by atomic mass is 16.5. The van der Waals surface area contributed by atoms with Gasteiger partial charge in [0, 0.05) is 12.5 Å². The topological polar surface area (TPSA) is 92.9 Å². The van der Waals surface area contributed by atoms with Crippen LogP contribution < -0.4 is 5.73 Å². The molecule has 1 saturated heterocycles. The second kappa shape index (κ2) is 7.22. The summed E-state index contributed by atoms with van der Waals surface area (Å²) in [5, 5.41) is 9.31. The molecule has 0 aromatic carbocycles. The molecule has 0 bridgehead atoms. The smallest absolute Gasteiger partial charge is 0.311 e. The third-order valence-electron chi connectivity index (χ3n) is 4.79. The predicted molar refractivity (Wildman–Crippen MR) is 77.6 cm³/mol. The molecule has 0 radical (unpaired) electrons. The molecule has 6 nitrogen and oxygen atoms in total. The molecule has 0 aromatic rings. The molecule has 1 saturated carbocycles. The number of carboxylic acid groups (broad SMARTS) is 1. The third kappa shape index (κ3) is 3.37. The van der Waals surface area contributed by atoms with Crippen molar-refractivity contribution >= 4 is 11.9 Å². The van der Waals surface area contributed by atoms with E-state index in [-0.39, 0.29) is 30.4 Å². The van der Waals surface area contributed by atoms with Crippen molar-refractivity contribution in [2.45, 2.75) is 38.6 Å². The summed E-state index contributed by atoms with van der Waals surface area (Å²) >= 11 is 0. The first-order valence-corrected chi connectivity index (χ1v) is 7.91. The van der Waals surface area contributed by atoms with E-state index in [0.717, 1.165) is 25.7 Å². The van der Waals surface area contributed by atoms with Gasteiger partial charge in [0.25, 0.3) is 0 Å². The summed E-state index contributed by atoms with van der Waals surface area (Å²) in [6.07, 6.45) is 3.71. The Hall–Kier alpha value is -1.14. The van der Waals surface area contributed by atoms with E-state index < -0.39 is 11.9 Å². The van der Waals surface area contributed by atoms with Crippen LogP contribution in [0.5, 0.6) is 0 Å². The molecule has 4 unspecified atom stereocenters. The van der Waals surface area contributed by atoms with Gasteiger partial charge in [-0.1, -0.05) is 13.3 Å². The molecule has 2 fully saturated rings. The van der Waals surface area contributed by atoms with Crippen molar-refractivity contribution in [3.05, 3.63) is 0 Å². The lowest BCUT2D eigenvalue weighted by Crippen LogP contribution is -2.50. The van der Waals surface area contributed by atoms with Crippen LogP contribution in [0.15, 0.2) is 0 Å². The molecular weight excluding hydrogens is 272 g/mol. The van der Waals surface area contributed by atoms with Crippen LogP contribution in [0.2, 0.25) is 0 Å². The van der Waals surface area contributed by atoms with Crippen molar-refractivity contribution in [2.24, 2.45) is 23.5 Å². The Morgan fingerprint density at radius 3 is 2.67 bits per heavy atom. The molecule has 4 atom stereocenters. The van der Waals surface area contributed by atoms with Gasteiger partial charge in [-0.3, -0.25) is 9.59 Å². The summed E-state index contributed by atoms with van der Waals surface area (Å²) in [5.74, 6) is -1.22. The monoisotopic (exact) mass is 298 g/mol. The third-order valence-corrected chi connectivity index (χ3v) is 4.79. The maximum absolute atomic E-state index is 12.9. The van der Waals surface area contributed by atoms with E-state index in [4.69, 9.17) is 10.5 Å². The lowest BCUT2D eigenvalue weighted by Gasteiger charge is -2.33. The Morgan fingerprint density at radius 1 is 1.29 bits per heavy atom. The lowest BCUT2D eigenvalue weighted by atomic mass is 9.92. The van der Waals surface area contributed by atoms with E-state index >= 15 is 0 Å². The van der Waals surface area contributed by atoms with Gasteiger partial charge in [-0.05, 0) is 31.7 Å². The number of carbonyl (C=O) groups is 2. The highest BCUT2D eigenvalue weighted by molar-refractivity contribution is 5.81. The van der Waals surface area contributed by atoms with Gasteiger partial charge in [-0.15, -0.1) is 0 Å². The summed E-state index contributed by atoms with van der Waals surface area (Å²) in [6.45, 7) is 3.63. The first-order chi connectivity index (χ1) is 10.1. The first-order valence-electron chi connectivity index (χ1n) is 7.91. The van der Waals surface area contributed by atoms with Gasteiger partial charge in [-0.2, -0.15) is 0 Å². The molecule has 21 heavy (non-hydrogen) atoms. The summed E-state index contributed by atoms with van der Waals surface area (Å²) < 4.78 is 5.32. The van der Waals surface area contributed by atoms with Crippen LogP contribution in [0.25, 0.3) is 0 Å². The number of ether oxygens (including phenoxy) is 1. The Bertz CT molecular complexity index is 388. The van der Waals surface area contributed by atoms with Crippen molar-refractivity contribution in [1.29, 1.82) is 0 Å². The highest BCUT2D eigenvalue weighted by Crippen LogP contribution is 2.34. The number of carboxylic acids is 1. The standard InChI is InChI=1S/C15H26N2O4/c1-2-6-17(13-9-21-8-12(13)15(19)20)14(18)11-5-3-4-10(11)7-16/h10-13H,2-9,16H2,1H3,(H,19,20). The molecule has 1 aliphatic carbocycles. The summed E-state index contributed by atoms with van der Waals surface area (Å²) in [4.78, 5) is 26.0. The second-order valence-electron chi connectivity index (χ2n) is 6.11. The van der Waals surface area contributed by atoms with Gasteiger partial charge < -0.3 is 20.5 Å². The number of hydrogen-bond acceptors (Lipinski definition) is 4. The molecule has 120 valence electrons. The van der Waals surface area contributed by atoms with Crippen LogP contribution in [0, 0.1) is 17.8 Å². The van der Waals surface area contributed by atoms with Gasteiger partial charge in [0.05, 0.1) is 19.3 Å². The molecule has 6 heteroatoms. The van der Waals surface area contributed by atoms with Gasteiger partial charge >= 0.3 is 5.97 Å².